The molecule has 8 heteroatoms. The van der Waals surface area contributed by atoms with Crippen molar-refractivity contribution in [3.63, 3.8) is 0 Å². The molecule has 3 heterocycles. The summed E-state index contributed by atoms with van der Waals surface area (Å²) in [5.41, 5.74) is 3.49. The molecule has 1 unspecified atom stereocenters. The molecular formula is C20H16ClN5OS. The summed E-state index contributed by atoms with van der Waals surface area (Å²) in [6.45, 7) is 2.01. The largest absolute Gasteiger partial charge is 0.325 e. The molecule has 0 fully saturated rings. The fourth-order valence-electron chi connectivity index (χ4n) is 2.84. The van der Waals surface area contributed by atoms with E-state index in [1.54, 1.807) is 18.3 Å². The minimum atomic E-state index is -0.386. The fraction of sp³-hybridized carbons (Fsp3) is 0.100. The first kappa shape index (κ1) is 18.3. The average molecular weight is 410 g/mol. The number of thiazole rings is 1. The van der Waals surface area contributed by atoms with Gasteiger partial charge in [0, 0.05) is 6.20 Å². The van der Waals surface area contributed by atoms with Crippen LogP contribution in [0.2, 0.25) is 5.15 Å². The molecule has 0 saturated carbocycles. The van der Waals surface area contributed by atoms with Gasteiger partial charge < -0.3 is 5.32 Å². The predicted octanol–water partition coefficient (Wildman–Crippen LogP) is 4.96. The van der Waals surface area contributed by atoms with Crippen molar-refractivity contribution >= 4 is 44.4 Å². The Morgan fingerprint density at radius 2 is 2.00 bits per heavy atom. The van der Waals surface area contributed by atoms with Crippen LogP contribution in [0.25, 0.3) is 10.3 Å². The number of pyridine rings is 2. The van der Waals surface area contributed by atoms with Crippen LogP contribution in [0, 0.1) is 6.92 Å². The number of hydrogen-bond acceptors (Lipinski definition) is 5. The lowest BCUT2D eigenvalue weighted by Crippen LogP contribution is -2.33. The van der Waals surface area contributed by atoms with Gasteiger partial charge in [0.1, 0.15) is 15.5 Å². The van der Waals surface area contributed by atoms with Gasteiger partial charge in [-0.1, -0.05) is 58.8 Å². The number of urea groups is 1. The summed E-state index contributed by atoms with van der Waals surface area (Å²) in [7, 11) is 0. The third kappa shape index (κ3) is 4.11. The highest BCUT2D eigenvalue weighted by Crippen LogP contribution is 2.26. The number of hydrogen-bond donors (Lipinski definition) is 2. The maximum atomic E-state index is 12.7. The molecule has 0 aliphatic heterocycles. The zero-order valence-corrected chi connectivity index (χ0v) is 16.5. The van der Waals surface area contributed by atoms with E-state index in [0.29, 0.717) is 20.6 Å². The van der Waals surface area contributed by atoms with Crippen LogP contribution in [0.3, 0.4) is 0 Å². The normalized spacial score (nSPS) is 11.9. The molecule has 6 nitrogen and oxygen atoms in total. The molecule has 4 aromatic rings. The highest BCUT2D eigenvalue weighted by Gasteiger charge is 2.19. The lowest BCUT2D eigenvalue weighted by molar-refractivity contribution is 0.250. The molecule has 1 aromatic carbocycles. The number of aryl methyl sites for hydroxylation is 1. The van der Waals surface area contributed by atoms with E-state index in [2.05, 4.69) is 25.6 Å². The molecule has 140 valence electrons. The number of benzene rings is 1. The Morgan fingerprint density at radius 1 is 1.11 bits per heavy atom. The minimum absolute atomic E-state index is 0.373. The lowest BCUT2D eigenvalue weighted by Gasteiger charge is -2.19. The predicted molar refractivity (Wildman–Crippen MR) is 112 cm³/mol. The van der Waals surface area contributed by atoms with Gasteiger partial charge in [-0.25, -0.2) is 14.8 Å². The molecule has 3 aromatic heterocycles. The molecule has 0 spiro atoms. The summed E-state index contributed by atoms with van der Waals surface area (Å²) in [6, 6.07) is 16.3. The summed E-state index contributed by atoms with van der Waals surface area (Å²) < 4.78 is 0. The van der Waals surface area contributed by atoms with E-state index in [1.807, 2.05) is 49.4 Å². The van der Waals surface area contributed by atoms with Crippen molar-refractivity contribution in [2.24, 2.45) is 0 Å². The number of amides is 2. The summed E-state index contributed by atoms with van der Waals surface area (Å²) >= 11 is 7.18. The molecule has 28 heavy (non-hydrogen) atoms. The highest BCUT2D eigenvalue weighted by molar-refractivity contribution is 7.22. The van der Waals surface area contributed by atoms with E-state index in [9.17, 15) is 4.79 Å². The Kier molecular flexibility index (Phi) is 5.18. The summed E-state index contributed by atoms with van der Waals surface area (Å²) in [5.74, 6) is 0. The third-order valence-corrected chi connectivity index (χ3v) is 5.17. The standard InChI is InChI=1S/C20H16ClN5OS/c1-12-5-4-6-13(11-12)17(14-7-2-3-10-22-14)25-19(27)26-20-23-15-8-9-16(21)24-18(15)28-20/h2-11,17H,1H3,(H2,23,25,26,27). The Balaban J connectivity index is 1.58. The van der Waals surface area contributed by atoms with Gasteiger partial charge >= 0.3 is 6.03 Å². The van der Waals surface area contributed by atoms with Crippen molar-refractivity contribution in [1.29, 1.82) is 0 Å². The van der Waals surface area contributed by atoms with Gasteiger partial charge in [-0.2, -0.15) is 0 Å². The Labute approximate surface area is 170 Å². The smallest absolute Gasteiger partial charge is 0.321 e. The molecular weight excluding hydrogens is 394 g/mol. The van der Waals surface area contributed by atoms with Crippen molar-refractivity contribution < 1.29 is 4.79 Å². The topological polar surface area (TPSA) is 79.8 Å². The highest BCUT2D eigenvalue weighted by atomic mass is 35.5. The molecule has 2 N–H and O–H groups in total. The van der Waals surface area contributed by atoms with E-state index in [0.717, 1.165) is 16.8 Å². The van der Waals surface area contributed by atoms with E-state index in [4.69, 9.17) is 11.6 Å². The SMILES string of the molecule is Cc1cccc(C(NC(=O)Nc2nc3ccc(Cl)nc3s2)c2ccccn2)c1. The van der Waals surface area contributed by atoms with Crippen LogP contribution < -0.4 is 10.6 Å². The second-order valence-electron chi connectivity index (χ2n) is 6.18. The number of fused-ring (bicyclic) bond motifs is 1. The second kappa shape index (κ2) is 7.92. The number of carbonyl (C=O) groups excluding carboxylic acids is 1. The van der Waals surface area contributed by atoms with Crippen LogP contribution in [-0.4, -0.2) is 21.0 Å². The van der Waals surface area contributed by atoms with E-state index in [1.165, 1.54) is 11.3 Å². The molecule has 0 saturated heterocycles. The fourth-order valence-corrected chi connectivity index (χ4v) is 3.87. The molecule has 2 amide bonds. The Bertz CT molecular complexity index is 1130. The van der Waals surface area contributed by atoms with Crippen molar-refractivity contribution in [2.75, 3.05) is 5.32 Å². The van der Waals surface area contributed by atoms with E-state index >= 15 is 0 Å². The molecule has 4 rings (SSSR count). The molecule has 0 bridgehead atoms. The number of anilines is 1. The van der Waals surface area contributed by atoms with Crippen LogP contribution in [0.5, 0.6) is 0 Å². The van der Waals surface area contributed by atoms with Gasteiger partial charge in [-0.3, -0.25) is 10.3 Å². The summed E-state index contributed by atoms with van der Waals surface area (Å²) in [6.07, 6.45) is 1.71. The lowest BCUT2D eigenvalue weighted by atomic mass is 10.0. The van der Waals surface area contributed by atoms with Crippen molar-refractivity contribution in [3.05, 3.63) is 82.8 Å². The van der Waals surface area contributed by atoms with Gasteiger partial charge in [0.2, 0.25) is 0 Å². The first-order valence-corrected chi connectivity index (χ1v) is 9.76. The van der Waals surface area contributed by atoms with E-state index in [-0.39, 0.29) is 12.1 Å². The summed E-state index contributed by atoms with van der Waals surface area (Å²) in [4.78, 5) is 26.3. The van der Waals surface area contributed by atoms with Gasteiger partial charge in [-0.15, -0.1) is 0 Å². The minimum Gasteiger partial charge on any atom is -0.325 e. The number of carbonyl (C=O) groups is 1. The average Bonchev–Trinajstić information content (AvgIpc) is 3.08. The van der Waals surface area contributed by atoms with Gasteiger partial charge in [0.15, 0.2) is 5.13 Å². The van der Waals surface area contributed by atoms with Crippen LogP contribution in [0.15, 0.2) is 60.8 Å². The van der Waals surface area contributed by atoms with Gasteiger partial charge in [-0.05, 0) is 36.8 Å². The van der Waals surface area contributed by atoms with Crippen LogP contribution in [0.1, 0.15) is 22.9 Å². The summed E-state index contributed by atoms with van der Waals surface area (Å²) in [5, 5.41) is 6.61. The zero-order valence-electron chi connectivity index (χ0n) is 14.9. The van der Waals surface area contributed by atoms with Crippen LogP contribution >= 0.6 is 22.9 Å². The molecule has 0 aliphatic carbocycles. The quantitative estimate of drug-likeness (QED) is 0.467. The van der Waals surface area contributed by atoms with E-state index < -0.39 is 0 Å². The van der Waals surface area contributed by atoms with Crippen molar-refractivity contribution in [3.8, 4) is 0 Å². The zero-order chi connectivity index (χ0) is 19.5. The van der Waals surface area contributed by atoms with Gasteiger partial charge in [0.25, 0.3) is 0 Å². The number of halogens is 1. The van der Waals surface area contributed by atoms with Crippen LogP contribution in [0.4, 0.5) is 9.93 Å². The molecule has 1 atom stereocenters. The number of aromatic nitrogens is 3. The van der Waals surface area contributed by atoms with Crippen molar-refractivity contribution in [2.45, 2.75) is 13.0 Å². The molecule has 0 aliphatic rings. The Morgan fingerprint density at radius 3 is 2.79 bits per heavy atom. The van der Waals surface area contributed by atoms with Crippen LogP contribution in [-0.2, 0) is 0 Å². The van der Waals surface area contributed by atoms with Gasteiger partial charge in [0.05, 0.1) is 11.7 Å². The second-order valence-corrected chi connectivity index (χ2v) is 7.54. The number of nitrogens with zero attached hydrogens (tertiary/aromatic N) is 3. The maximum Gasteiger partial charge on any atom is 0.321 e. The third-order valence-electron chi connectivity index (χ3n) is 4.08. The first-order chi connectivity index (χ1) is 13.6. The maximum absolute atomic E-state index is 12.7. The first-order valence-electron chi connectivity index (χ1n) is 8.56. The monoisotopic (exact) mass is 409 g/mol. The Hall–Kier alpha value is -3.03. The molecule has 0 radical (unpaired) electrons. The number of nitrogens with one attached hydrogen (secondary N) is 2. The number of rotatable bonds is 4. The van der Waals surface area contributed by atoms with Crippen molar-refractivity contribution in [1.82, 2.24) is 20.3 Å².